The van der Waals surface area contributed by atoms with Gasteiger partial charge in [0.25, 0.3) is 5.91 Å². The van der Waals surface area contributed by atoms with Crippen molar-refractivity contribution in [2.24, 2.45) is 0 Å². The molecular formula is C17H26N4O3. The van der Waals surface area contributed by atoms with Crippen molar-refractivity contribution in [1.29, 1.82) is 0 Å². The van der Waals surface area contributed by atoms with Crippen LogP contribution >= 0.6 is 0 Å². The number of hydrogen-bond donors (Lipinski definition) is 2. The van der Waals surface area contributed by atoms with E-state index in [9.17, 15) is 9.59 Å². The molecule has 1 atom stereocenters. The molecule has 0 radical (unpaired) electrons. The van der Waals surface area contributed by atoms with E-state index in [1.165, 1.54) is 0 Å². The Morgan fingerprint density at radius 1 is 1.33 bits per heavy atom. The minimum absolute atomic E-state index is 0.146. The molecule has 1 aliphatic heterocycles. The van der Waals surface area contributed by atoms with Crippen molar-refractivity contribution in [2.45, 2.75) is 26.4 Å². The number of fused-ring (bicyclic) bond motifs is 1. The molecule has 2 N–H and O–H groups in total. The van der Waals surface area contributed by atoms with Crippen molar-refractivity contribution in [1.82, 2.24) is 9.80 Å². The lowest BCUT2D eigenvalue weighted by Crippen LogP contribution is -2.37. The van der Waals surface area contributed by atoms with Crippen molar-refractivity contribution in [3.05, 3.63) is 18.2 Å². The summed E-state index contributed by atoms with van der Waals surface area (Å²) in [5, 5.41) is 5.65. The number of carbonyl (C=O) groups is 2. The summed E-state index contributed by atoms with van der Waals surface area (Å²) in [5.74, 6) is 0.420. The number of anilines is 2. The second kappa shape index (κ2) is 8.01. The van der Waals surface area contributed by atoms with E-state index in [4.69, 9.17) is 4.74 Å². The van der Waals surface area contributed by atoms with Gasteiger partial charge in [0.15, 0.2) is 6.10 Å². The minimum Gasteiger partial charge on any atom is -0.479 e. The number of ether oxygens (including phenoxy) is 1. The molecule has 0 unspecified atom stereocenters. The van der Waals surface area contributed by atoms with Crippen LogP contribution in [0.3, 0.4) is 0 Å². The smallest absolute Gasteiger partial charge is 0.321 e. The Balaban J connectivity index is 1.98. The Morgan fingerprint density at radius 2 is 2.08 bits per heavy atom. The summed E-state index contributed by atoms with van der Waals surface area (Å²) in [6, 6.07) is 5.09. The Morgan fingerprint density at radius 3 is 2.75 bits per heavy atom. The van der Waals surface area contributed by atoms with Crippen LogP contribution in [-0.2, 0) is 4.79 Å². The van der Waals surface area contributed by atoms with Gasteiger partial charge in [0.05, 0.1) is 5.69 Å². The number of rotatable bonds is 6. The van der Waals surface area contributed by atoms with E-state index in [2.05, 4.69) is 15.5 Å². The van der Waals surface area contributed by atoms with Crippen LogP contribution in [0.2, 0.25) is 0 Å². The molecule has 24 heavy (non-hydrogen) atoms. The van der Waals surface area contributed by atoms with Crippen LogP contribution in [-0.4, -0.2) is 61.6 Å². The lowest BCUT2D eigenvalue weighted by molar-refractivity contribution is -0.122. The van der Waals surface area contributed by atoms with Crippen molar-refractivity contribution < 1.29 is 14.3 Å². The predicted octanol–water partition coefficient (Wildman–Crippen LogP) is 2.21. The van der Waals surface area contributed by atoms with Crippen LogP contribution in [0, 0.1) is 0 Å². The van der Waals surface area contributed by atoms with Crippen LogP contribution in [0.1, 0.15) is 20.3 Å². The highest BCUT2D eigenvalue weighted by atomic mass is 16.5. The minimum atomic E-state index is -0.509. The maximum Gasteiger partial charge on any atom is 0.321 e. The highest BCUT2D eigenvalue weighted by molar-refractivity contribution is 5.99. The lowest BCUT2D eigenvalue weighted by Gasteiger charge is -2.25. The van der Waals surface area contributed by atoms with Crippen molar-refractivity contribution in [3.8, 4) is 5.75 Å². The second-order valence-electron chi connectivity index (χ2n) is 6.13. The summed E-state index contributed by atoms with van der Waals surface area (Å²) < 4.78 is 5.51. The maximum atomic E-state index is 12.4. The third kappa shape index (κ3) is 4.61. The number of amides is 3. The van der Waals surface area contributed by atoms with Gasteiger partial charge in [-0.25, -0.2) is 4.79 Å². The van der Waals surface area contributed by atoms with Gasteiger partial charge in [0.1, 0.15) is 5.75 Å². The first kappa shape index (κ1) is 18.1. The molecular weight excluding hydrogens is 308 g/mol. The van der Waals surface area contributed by atoms with E-state index in [0.717, 1.165) is 13.0 Å². The molecule has 0 spiro atoms. The predicted molar refractivity (Wildman–Crippen MR) is 94.6 cm³/mol. The molecule has 3 amide bonds. The van der Waals surface area contributed by atoms with Gasteiger partial charge in [-0.15, -0.1) is 0 Å². The molecule has 1 aromatic carbocycles. The molecule has 0 fully saturated rings. The number of urea groups is 1. The molecule has 0 bridgehead atoms. The van der Waals surface area contributed by atoms with Gasteiger partial charge in [-0.2, -0.15) is 0 Å². The van der Waals surface area contributed by atoms with Gasteiger partial charge in [-0.1, -0.05) is 0 Å². The molecule has 0 saturated carbocycles. The van der Waals surface area contributed by atoms with Gasteiger partial charge >= 0.3 is 6.03 Å². The van der Waals surface area contributed by atoms with Crippen LogP contribution in [0.15, 0.2) is 18.2 Å². The molecule has 0 saturated heterocycles. The molecule has 0 aromatic heterocycles. The molecule has 1 aromatic rings. The van der Waals surface area contributed by atoms with Gasteiger partial charge < -0.3 is 25.2 Å². The van der Waals surface area contributed by atoms with E-state index in [1.54, 1.807) is 30.0 Å². The van der Waals surface area contributed by atoms with Crippen molar-refractivity contribution >= 4 is 23.3 Å². The zero-order valence-electron chi connectivity index (χ0n) is 14.8. The number of hydrogen-bond acceptors (Lipinski definition) is 4. The van der Waals surface area contributed by atoms with Crippen LogP contribution in [0.25, 0.3) is 0 Å². The molecule has 7 nitrogen and oxygen atoms in total. The second-order valence-corrected chi connectivity index (χ2v) is 6.13. The molecule has 132 valence electrons. The van der Waals surface area contributed by atoms with Crippen molar-refractivity contribution in [2.75, 3.05) is 44.4 Å². The summed E-state index contributed by atoms with van der Waals surface area (Å²) in [5.41, 5.74) is 1.20. The molecule has 1 aliphatic rings. The highest BCUT2D eigenvalue weighted by Gasteiger charge is 2.23. The number of carbonyl (C=O) groups excluding carboxylic acids is 2. The van der Waals surface area contributed by atoms with E-state index in [0.29, 0.717) is 30.2 Å². The zero-order chi connectivity index (χ0) is 17.7. The van der Waals surface area contributed by atoms with E-state index in [-0.39, 0.29) is 11.9 Å². The molecule has 2 rings (SSSR count). The Kier molecular flexibility index (Phi) is 6.03. The Hall–Kier alpha value is -2.28. The average molecular weight is 334 g/mol. The largest absolute Gasteiger partial charge is 0.479 e. The number of nitrogens with zero attached hydrogens (tertiary/aromatic N) is 2. The first-order valence-electron chi connectivity index (χ1n) is 8.23. The van der Waals surface area contributed by atoms with E-state index in [1.807, 2.05) is 21.0 Å². The van der Waals surface area contributed by atoms with Gasteiger partial charge in [0, 0.05) is 18.8 Å². The summed E-state index contributed by atoms with van der Waals surface area (Å²) in [6.07, 6.45) is 0.408. The molecule has 1 heterocycles. The van der Waals surface area contributed by atoms with E-state index >= 15 is 0 Å². The Labute approximate surface area is 142 Å². The van der Waals surface area contributed by atoms with Gasteiger partial charge in [0.2, 0.25) is 0 Å². The fourth-order valence-electron chi connectivity index (χ4n) is 2.47. The first-order chi connectivity index (χ1) is 11.4. The standard InChI is InChI=1S/C17H26N4O3/c1-5-21(10-6-9-20(3)4)17(23)18-13-7-8-15-14(11-13)19-16(22)12(2)24-15/h7-8,11-12H,5-6,9-10H2,1-4H3,(H,18,23)(H,19,22)/t12-/m1/s1. The van der Waals surface area contributed by atoms with E-state index < -0.39 is 6.10 Å². The number of nitrogens with one attached hydrogen (secondary N) is 2. The summed E-state index contributed by atoms with van der Waals surface area (Å²) >= 11 is 0. The quantitative estimate of drug-likeness (QED) is 0.836. The molecule has 7 heteroatoms. The van der Waals surface area contributed by atoms with Gasteiger partial charge in [-0.3, -0.25) is 4.79 Å². The highest BCUT2D eigenvalue weighted by Crippen LogP contribution is 2.32. The molecule has 0 aliphatic carbocycles. The van der Waals surface area contributed by atoms with Gasteiger partial charge in [-0.05, 0) is 59.1 Å². The third-order valence-electron chi connectivity index (χ3n) is 3.86. The zero-order valence-corrected chi connectivity index (χ0v) is 14.8. The topological polar surface area (TPSA) is 73.9 Å². The average Bonchev–Trinajstić information content (AvgIpc) is 2.52. The maximum absolute atomic E-state index is 12.4. The first-order valence-corrected chi connectivity index (χ1v) is 8.23. The monoisotopic (exact) mass is 334 g/mol. The van der Waals surface area contributed by atoms with Crippen LogP contribution < -0.4 is 15.4 Å². The van der Waals surface area contributed by atoms with Crippen LogP contribution in [0.4, 0.5) is 16.2 Å². The normalized spacial score (nSPS) is 16.2. The fraction of sp³-hybridized carbons (Fsp3) is 0.529. The SMILES string of the molecule is CCN(CCCN(C)C)C(=O)Nc1ccc2c(c1)NC(=O)[C@@H](C)O2. The summed E-state index contributed by atoms with van der Waals surface area (Å²) in [6.45, 7) is 5.92. The summed E-state index contributed by atoms with van der Waals surface area (Å²) in [7, 11) is 4.03. The lowest BCUT2D eigenvalue weighted by atomic mass is 10.2. The summed E-state index contributed by atoms with van der Waals surface area (Å²) in [4.78, 5) is 27.9. The van der Waals surface area contributed by atoms with Crippen molar-refractivity contribution in [3.63, 3.8) is 0 Å². The third-order valence-corrected chi connectivity index (χ3v) is 3.86. The van der Waals surface area contributed by atoms with Crippen LogP contribution in [0.5, 0.6) is 5.75 Å². The fourth-order valence-corrected chi connectivity index (χ4v) is 2.47. The number of benzene rings is 1. The Bertz CT molecular complexity index is 603.